The number of hydrogen-bond acceptors (Lipinski definition) is 5. The number of thioether (sulfide) groups is 1. The summed E-state index contributed by atoms with van der Waals surface area (Å²) in [6.07, 6.45) is -4.46. The summed E-state index contributed by atoms with van der Waals surface area (Å²) in [5.41, 5.74) is -5.39. The quantitative estimate of drug-likeness (QED) is 0.0846. The summed E-state index contributed by atoms with van der Waals surface area (Å²) in [5.74, 6) is -3.17. The van der Waals surface area contributed by atoms with Gasteiger partial charge in [0.2, 0.25) is 5.91 Å². The zero-order chi connectivity index (χ0) is 49.2. The van der Waals surface area contributed by atoms with E-state index >= 15 is 0 Å². The zero-order valence-corrected chi connectivity index (χ0v) is 25.2. The molecule has 1 aromatic heterocycles. The summed E-state index contributed by atoms with van der Waals surface area (Å²) in [6.45, 7) is -21.2. The van der Waals surface area contributed by atoms with Crippen LogP contribution in [0.1, 0.15) is 72.7 Å². The Bertz CT molecular complexity index is 2460. The van der Waals surface area contributed by atoms with Gasteiger partial charge in [-0.15, -0.1) is 0 Å². The molecule has 1 aliphatic rings. The third kappa shape index (κ3) is 8.70. The number of aromatic nitrogens is 2. The van der Waals surface area contributed by atoms with Gasteiger partial charge in [0.1, 0.15) is 12.3 Å². The Morgan fingerprint density at radius 3 is 2.28 bits per heavy atom. The summed E-state index contributed by atoms with van der Waals surface area (Å²) in [4.78, 5) is 32.5. The first kappa shape index (κ1) is 18.0. The maximum atomic E-state index is 14.8. The van der Waals surface area contributed by atoms with Crippen molar-refractivity contribution in [1.82, 2.24) is 19.4 Å². The first-order valence-corrected chi connectivity index (χ1v) is 14.8. The minimum Gasteiger partial charge on any atom is -0.336 e. The van der Waals surface area contributed by atoms with E-state index in [0.717, 1.165) is 12.1 Å². The molecular weight excluding hydrogens is 628 g/mol. The summed E-state index contributed by atoms with van der Waals surface area (Å²) in [7, 11) is 0. The van der Waals surface area contributed by atoms with E-state index in [2.05, 4.69) is 4.98 Å². The molecule has 0 fully saturated rings. The van der Waals surface area contributed by atoms with E-state index in [1.807, 2.05) is 0 Å². The van der Waals surface area contributed by atoms with Crippen LogP contribution < -0.4 is 5.56 Å². The molecule has 0 saturated heterocycles. The number of hydrogen-bond donors (Lipinski definition) is 0. The highest BCUT2D eigenvalue weighted by molar-refractivity contribution is 7.98. The molecule has 1 heterocycles. The van der Waals surface area contributed by atoms with E-state index in [9.17, 15) is 29.9 Å². The molecular formula is C36H38F4N4O2S. The molecule has 0 radical (unpaired) electrons. The van der Waals surface area contributed by atoms with Gasteiger partial charge in [0.25, 0.3) is 5.56 Å². The molecule has 47 heavy (non-hydrogen) atoms. The monoisotopic (exact) mass is 684 g/mol. The van der Waals surface area contributed by atoms with E-state index in [1.54, 1.807) is 0 Å². The summed E-state index contributed by atoms with van der Waals surface area (Å²) < 4.78 is 203. The molecule has 0 bridgehead atoms. The number of likely N-dealkylation sites (N-methyl/N-ethyl adjacent to an activating group) is 1. The van der Waals surface area contributed by atoms with Crippen LogP contribution in [0.4, 0.5) is 17.6 Å². The van der Waals surface area contributed by atoms with Crippen LogP contribution in [-0.2, 0) is 42.6 Å². The molecule has 0 saturated carbocycles. The molecule has 248 valence electrons. The van der Waals surface area contributed by atoms with Gasteiger partial charge in [-0.05, 0) is 78.7 Å². The zero-order valence-electron chi connectivity index (χ0n) is 42.4. The second-order valence-electron chi connectivity index (χ2n) is 10.2. The largest absolute Gasteiger partial charge is 0.416 e. The number of halogens is 4. The topological polar surface area (TPSA) is 58.4 Å². The number of nitrogens with zero attached hydrogens (tertiary/aromatic N) is 4. The van der Waals surface area contributed by atoms with Crippen LogP contribution in [0.25, 0.3) is 11.1 Å². The van der Waals surface area contributed by atoms with Crippen LogP contribution in [-0.4, -0.2) is 51.3 Å². The lowest BCUT2D eigenvalue weighted by molar-refractivity contribution is -0.137. The van der Waals surface area contributed by atoms with E-state index in [0.29, 0.717) is 20.6 Å². The predicted molar refractivity (Wildman–Crippen MR) is 177 cm³/mol. The van der Waals surface area contributed by atoms with Crippen molar-refractivity contribution < 1.29 is 47.0 Å². The number of alkyl halides is 3. The van der Waals surface area contributed by atoms with E-state index < -0.39 is 122 Å². The highest BCUT2D eigenvalue weighted by Gasteiger charge is 2.30. The van der Waals surface area contributed by atoms with Gasteiger partial charge < -0.3 is 14.4 Å². The molecule has 0 aliphatic heterocycles. The first-order valence-electron chi connectivity index (χ1n) is 23.0. The molecule has 4 aromatic rings. The highest BCUT2D eigenvalue weighted by atomic mass is 32.2. The van der Waals surface area contributed by atoms with Crippen LogP contribution in [0.2, 0.25) is 0 Å². The van der Waals surface area contributed by atoms with Crippen LogP contribution in [0.5, 0.6) is 0 Å². The molecule has 6 nitrogen and oxygen atoms in total. The van der Waals surface area contributed by atoms with Gasteiger partial charge in [0.05, 0.1) is 13.8 Å². The van der Waals surface area contributed by atoms with Crippen LogP contribution in [0, 0.1) is 5.82 Å². The lowest BCUT2D eigenvalue weighted by Gasteiger charge is -2.28. The van der Waals surface area contributed by atoms with E-state index in [-0.39, 0.29) is 52.7 Å². The molecule has 5 rings (SSSR count). The van der Waals surface area contributed by atoms with Gasteiger partial charge in [-0.25, -0.2) is 4.39 Å². The maximum absolute atomic E-state index is 14.8. The summed E-state index contributed by atoms with van der Waals surface area (Å²) in [6, 6.07) is 4.94. The van der Waals surface area contributed by atoms with Crippen molar-refractivity contribution in [3.63, 3.8) is 0 Å². The summed E-state index contributed by atoms with van der Waals surface area (Å²) in [5, 5.41) is -0.861. The Hall–Kier alpha value is -3.96. The Balaban J connectivity index is 1.65. The molecule has 11 heteroatoms. The number of rotatable bonds is 13. The number of benzene rings is 3. The molecule has 0 atom stereocenters. The SMILES string of the molecule is [2H]c1c([2H])c(C([2H])([2H])Sc2nc(=O)c3c(n2C([2H])([2H])C(=O)N(CCN(C([2H])([2H])C([2H])([2H])[2H])C([2H])([2H])C([2H])([2H])[2H])Cc2ccc(-c4ccc(C(F)(F)F)cc4)cc2)CCC3)c([2H])c([2H])c1F. The van der Waals surface area contributed by atoms with Gasteiger partial charge in [-0.3, -0.25) is 9.59 Å². The minimum absolute atomic E-state index is 0.0255. The number of carbonyl (C=O) groups excluding carboxylic acids is 1. The van der Waals surface area contributed by atoms with Gasteiger partial charge in [0.15, 0.2) is 5.16 Å². The van der Waals surface area contributed by atoms with Crippen molar-refractivity contribution in [3.8, 4) is 11.1 Å². The fourth-order valence-corrected chi connectivity index (χ4v) is 5.48. The molecule has 0 unspecified atom stereocenters. The van der Waals surface area contributed by atoms with Crippen molar-refractivity contribution in [3.05, 3.63) is 117 Å². The van der Waals surface area contributed by atoms with E-state index in [4.69, 9.17) is 21.9 Å². The van der Waals surface area contributed by atoms with E-state index in [1.165, 1.54) is 36.4 Å². The number of carbonyl (C=O) groups is 1. The molecule has 3 aromatic carbocycles. The van der Waals surface area contributed by atoms with Crippen LogP contribution in [0.15, 0.2) is 82.7 Å². The summed E-state index contributed by atoms with van der Waals surface area (Å²) >= 11 is -0.100. The molecule has 1 aliphatic carbocycles. The Kier molecular flexibility index (Phi) is 5.85. The molecule has 0 N–H and O–H groups in total. The van der Waals surface area contributed by atoms with Crippen LogP contribution in [0.3, 0.4) is 0 Å². The third-order valence-electron chi connectivity index (χ3n) is 7.18. The molecule has 0 spiro atoms. The highest BCUT2D eigenvalue weighted by Crippen LogP contribution is 2.31. The predicted octanol–water partition coefficient (Wildman–Crippen LogP) is 7.22. The van der Waals surface area contributed by atoms with Gasteiger partial charge in [-0.2, -0.15) is 18.2 Å². The van der Waals surface area contributed by atoms with Gasteiger partial charge >= 0.3 is 6.18 Å². The third-order valence-corrected chi connectivity index (χ3v) is 7.94. The van der Waals surface area contributed by atoms with Crippen molar-refractivity contribution in [2.24, 2.45) is 0 Å². The Morgan fingerprint density at radius 1 is 0.979 bits per heavy atom. The smallest absolute Gasteiger partial charge is 0.336 e. The lowest BCUT2D eigenvalue weighted by Crippen LogP contribution is -2.40. The average molecular weight is 685 g/mol. The maximum Gasteiger partial charge on any atom is 0.416 e. The fourth-order valence-electron chi connectivity index (χ4n) is 4.81. The first-order chi connectivity index (χ1) is 29.6. The van der Waals surface area contributed by atoms with Gasteiger partial charge in [0, 0.05) is 53.0 Å². The lowest BCUT2D eigenvalue weighted by atomic mass is 10.0. The van der Waals surface area contributed by atoms with Gasteiger partial charge in [-0.1, -0.05) is 73.9 Å². The minimum atomic E-state index is -4.61. The van der Waals surface area contributed by atoms with Crippen molar-refractivity contribution >= 4 is 17.7 Å². The average Bonchev–Trinajstić information content (AvgIpc) is 3.67. The Morgan fingerprint density at radius 2 is 1.64 bits per heavy atom. The van der Waals surface area contributed by atoms with Crippen LogP contribution >= 0.6 is 11.8 Å². The van der Waals surface area contributed by atoms with Crippen molar-refractivity contribution in [1.29, 1.82) is 0 Å². The second kappa shape index (κ2) is 15.3. The van der Waals surface area contributed by atoms with Crippen molar-refractivity contribution in [2.75, 3.05) is 26.1 Å². The van der Waals surface area contributed by atoms with Crippen molar-refractivity contribution in [2.45, 2.75) is 63.0 Å². The fraction of sp³-hybridized carbons (Fsp3) is 0.361. The number of fused-ring (bicyclic) bond motifs is 1. The standard InChI is InChI=1S/C36H38F4N4O2S/c1-3-42(4-2)20-21-43(22-25-8-12-27(13-9-25)28-14-16-29(17-15-28)36(38,39)40)33(45)23-44-32-7-5-6-31(32)34(46)41-35(44)47-24-26-10-18-30(37)19-11-26/h8-19H,3-7,20-24H2,1-2H3/i1D3,2D3,3D2,4D2,10D,11D,18D,19D,23D2,24D2. The molecule has 1 amide bonds. The number of amides is 1. The Labute approximate surface area is 301 Å². The second-order valence-corrected chi connectivity index (χ2v) is 11.0. The normalized spacial score (nSPS) is 20.2.